The molecule has 2 aliphatic heterocycles. The van der Waals surface area contributed by atoms with Crippen LogP contribution in [0.2, 0.25) is 0 Å². The average molecular weight is 365 g/mol. The Hall–Kier alpha value is -2.51. The van der Waals surface area contributed by atoms with Crippen LogP contribution in [0.5, 0.6) is 0 Å². The Morgan fingerprint density at radius 3 is 2.54 bits per heavy atom. The molecule has 2 N–H and O–H groups in total. The van der Waals surface area contributed by atoms with Crippen molar-refractivity contribution in [3.63, 3.8) is 0 Å². The van der Waals surface area contributed by atoms with Gasteiger partial charge in [0.1, 0.15) is 23.7 Å². The Labute approximate surface area is 149 Å². The normalized spacial score (nSPS) is 25.3. The quantitative estimate of drug-likeness (QED) is 0.842. The predicted octanol–water partition coefficient (Wildman–Crippen LogP) is 1.21. The van der Waals surface area contributed by atoms with Crippen LogP contribution in [0.3, 0.4) is 0 Å². The number of hydrogen-bond acceptors (Lipinski definition) is 3. The van der Waals surface area contributed by atoms with Crippen molar-refractivity contribution >= 4 is 17.7 Å². The first-order chi connectivity index (χ1) is 12.2. The summed E-state index contributed by atoms with van der Waals surface area (Å²) >= 11 is 0. The van der Waals surface area contributed by atoms with Gasteiger partial charge in [0.05, 0.1) is 0 Å². The summed E-state index contributed by atoms with van der Waals surface area (Å²) in [7, 11) is 0. The molecule has 2 saturated heterocycles. The maximum Gasteiger partial charge on any atom is 0.251 e. The van der Waals surface area contributed by atoms with Gasteiger partial charge < -0.3 is 15.5 Å². The second-order valence-electron chi connectivity index (χ2n) is 7.26. The first-order valence-corrected chi connectivity index (χ1v) is 8.62. The number of amides is 3. The van der Waals surface area contributed by atoms with Crippen LogP contribution in [0, 0.1) is 17.6 Å². The van der Waals surface area contributed by atoms with Crippen molar-refractivity contribution in [2.24, 2.45) is 5.92 Å². The molecule has 8 heteroatoms. The van der Waals surface area contributed by atoms with Gasteiger partial charge in [-0.3, -0.25) is 14.4 Å². The standard InChI is InChI=1S/C18H21F2N3O3/c1-9(2)3-14-18(26)23-8-13(7-15(23)17(25)22-14)21-16(24)10-4-11(19)6-12(20)5-10/h4-6,9,13-15H,3,7-8H2,1-2H3,(H,21,24)(H,22,25)/t13-,14-,15-/m0/s1. The van der Waals surface area contributed by atoms with Gasteiger partial charge in [-0.1, -0.05) is 13.8 Å². The summed E-state index contributed by atoms with van der Waals surface area (Å²) in [4.78, 5) is 38.6. The van der Waals surface area contributed by atoms with Gasteiger partial charge in [0.15, 0.2) is 0 Å². The van der Waals surface area contributed by atoms with E-state index in [0.717, 1.165) is 12.1 Å². The number of hydrogen-bond donors (Lipinski definition) is 2. The molecule has 2 heterocycles. The van der Waals surface area contributed by atoms with Crippen molar-refractivity contribution in [1.29, 1.82) is 0 Å². The van der Waals surface area contributed by atoms with Crippen molar-refractivity contribution in [2.45, 2.75) is 44.8 Å². The molecule has 0 aromatic heterocycles. The monoisotopic (exact) mass is 365 g/mol. The van der Waals surface area contributed by atoms with E-state index in [1.807, 2.05) is 13.8 Å². The number of benzene rings is 1. The second-order valence-corrected chi connectivity index (χ2v) is 7.26. The molecule has 3 rings (SSSR count). The van der Waals surface area contributed by atoms with Gasteiger partial charge in [-0.15, -0.1) is 0 Å². The highest BCUT2D eigenvalue weighted by Gasteiger charge is 2.46. The van der Waals surface area contributed by atoms with Gasteiger partial charge in [0.25, 0.3) is 5.91 Å². The Kier molecular flexibility index (Phi) is 4.93. The van der Waals surface area contributed by atoms with Crippen LogP contribution in [0.1, 0.15) is 37.0 Å². The first kappa shape index (κ1) is 18.3. The molecule has 0 saturated carbocycles. The number of piperazine rings is 1. The predicted molar refractivity (Wildman–Crippen MR) is 89.1 cm³/mol. The molecule has 6 nitrogen and oxygen atoms in total. The van der Waals surface area contributed by atoms with Crippen molar-refractivity contribution in [3.8, 4) is 0 Å². The van der Waals surface area contributed by atoms with Crippen LogP contribution in [-0.4, -0.2) is 47.3 Å². The molecule has 0 aliphatic carbocycles. The smallest absolute Gasteiger partial charge is 0.251 e. The fourth-order valence-corrected chi connectivity index (χ4v) is 3.55. The lowest BCUT2D eigenvalue weighted by Crippen LogP contribution is -2.61. The van der Waals surface area contributed by atoms with Gasteiger partial charge in [0.2, 0.25) is 11.8 Å². The van der Waals surface area contributed by atoms with E-state index in [1.54, 1.807) is 0 Å². The van der Waals surface area contributed by atoms with Crippen LogP contribution in [0.4, 0.5) is 8.78 Å². The summed E-state index contributed by atoms with van der Waals surface area (Å²) in [6, 6.07) is 0.941. The molecule has 0 radical (unpaired) electrons. The van der Waals surface area contributed by atoms with Crippen molar-refractivity contribution in [2.75, 3.05) is 6.54 Å². The summed E-state index contributed by atoms with van der Waals surface area (Å²) in [5.74, 6) is -2.46. The SMILES string of the molecule is CC(C)C[C@@H]1NC(=O)[C@@H]2C[C@H](NC(=O)c3cc(F)cc(F)c3)CN2C1=O. The van der Waals surface area contributed by atoms with E-state index in [4.69, 9.17) is 0 Å². The average Bonchev–Trinajstić information content (AvgIpc) is 2.95. The molecule has 3 atom stereocenters. The van der Waals surface area contributed by atoms with Gasteiger partial charge in [-0.05, 0) is 30.9 Å². The van der Waals surface area contributed by atoms with E-state index in [-0.39, 0.29) is 36.3 Å². The molecular formula is C18H21F2N3O3. The van der Waals surface area contributed by atoms with E-state index in [0.29, 0.717) is 12.5 Å². The highest BCUT2D eigenvalue weighted by molar-refractivity contribution is 5.98. The molecule has 26 heavy (non-hydrogen) atoms. The molecule has 0 spiro atoms. The number of rotatable bonds is 4. The number of carbonyl (C=O) groups is 3. The third-order valence-corrected chi connectivity index (χ3v) is 4.67. The fourth-order valence-electron chi connectivity index (χ4n) is 3.55. The summed E-state index contributed by atoms with van der Waals surface area (Å²) in [5, 5.41) is 5.40. The Morgan fingerprint density at radius 2 is 1.92 bits per heavy atom. The highest BCUT2D eigenvalue weighted by atomic mass is 19.1. The third kappa shape index (κ3) is 3.68. The van der Waals surface area contributed by atoms with E-state index in [1.165, 1.54) is 4.90 Å². The molecule has 1 aromatic carbocycles. The molecule has 140 valence electrons. The lowest BCUT2D eigenvalue weighted by Gasteiger charge is -2.35. The minimum atomic E-state index is -0.843. The van der Waals surface area contributed by atoms with Crippen LogP contribution >= 0.6 is 0 Å². The van der Waals surface area contributed by atoms with E-state index >= 15 is 0 Å². The molecule has 3 amide bonds. The molecule has 0 bridgehead atoms. The maximum absolute atomic E-state index is 13.3. The molecule has 2 fully saturated rings. The van der Waals surface area contributed by atoms with Crippen molar-refractivity contribution in [3.05, 3.63) is 35.4 Å². The topological polar surface area (TPSA) is 78.5 Å². The zero-order chi connectivity index (χ0) is 19.0. The van der Waals surface area contributed by atoms with Gasteiger partial charge in [0, 0.05) is 24.2 Å². The summed E-state index contributed by atoms with van der Waals surface area (Å²) < 4.78 is 26.5. The summed E-state index contributed by atoms with van der Waals surface area (Å²) in [6.45, 7) is 4.14. The minimum Gasteiger partial charge on any atom is -0.347 e. The number of halogens is 2. The zero-order valence-corrected chi connectivity index (χ0v) is 14.6. The maximum atomic E-state index is 13.3. The third-order valence-electron chi connectivity index (χ3n) is 4.67. The molecule has 2 aliphatic rings. The second kappa shape index (κ2) is 7.01. The largest absolute Gasteiger partial charge is 0.347 e. The lowest BCUT2D eigenvalue weighted by atomic mass is 9.99. The highest BCUT2D eigenvalue weighted by Crippen LogP contribution is 2.25. The first-order valence-electron chi connectivity index (χ1n) is 8.62. The van der Waals surface area contributed by atoms with Crippen LogP contribution < -0.4 is 10.6 Å². The van der Waals surface area contributed by atoms with Crippen LogP contribution in [0.25, 0.3) is 0 Å². The molecule has 0 unspecified atom stereocenters. The van der Waals surface area contributed by atoms with Crippen molar-refractivity contribution in [1.82, 2.24) is 15.5 Å². The number of fused-ring (bicyclic) bond motifs is 1. The number of nitrogens with zero attached hydrogens (tertiary/aromatic N) is 1. The van der Waals surface area contributed by atoms with Crippen LogP contribution in [0.15, 0.2) is 18.2 Å². The Bertz CT molecular complexity index is 733. The van der Waals surface area contributed by atoms with Crippen LogP contribution in [-0.2, 0) is 9.59 Å². The fraction of sp³-hybridized carbons (Fsp3) is 0.500. The van der Waals surface area contributed by atoms with Gasteiger partial charge >= 0.3 is 0 Å². The Balaban J connectivity index is 1.68. The summed E-state index contributed by atoms with van der Waals surface area (Å²) in [5.41, 5.74) is -0.138. The zero-order valence-electron chi connectivity index (χ0n) is 14.6. The molecule has 1 aromatic rings. The van der Waals surface area contributed by atoms with E-state index < -0.39 is 35.7 Å². The lowest BCUT2D eigenvalue weighted by molar-refractivity contribution is -0.147. The minimum absolute atomic E-state index is 0.138. The number of nitrogens with one attached hydrogen (secondary N) is 2. The van der Waals surface area contributed by atoms with Gasteiger partial charge in [-0.25, -0.2) is 8.78 Å². The summed E-state index contributed by atoms with van der Waals surface area (Å²) in [6.07, 6.45) is 0.822. The molecular weight excluding hydrogens is 344 g/mol. The van der Waals surface area contributed by atoms with E-state index in [2.05, 4.69) is 10.6 Å². The number of carbonyl (C=O) groups excluding carboxylic acids is 3. The van der Waals surface area contributed by atoms with Gasteiger partial charge in [-0.2, -0.15) is 0 Å². The van der Waals surface area contributed by atoms with E-state index in [9.17, 15) is 23.2 Å². The Morgan fingerprint density at radius 1 is 1.27 bits per heavy atom. The van der Waals surface area contributed by atoms with Crippen molar-refractivity contribution < 1.29 is 23.2 Å².